The first-order valence-electron chi connectivity index (χ1n) is 5.52. The van der Waals surface area contributed by atoms with E-state index in [-0.39, 0.29) is 0 Å². The van der Waals surface area contributed by atoms with E-state index in [0.717, 1.165) is 15.8 Å². The number of rotatable bonds is 4. The molecule has 0 radical (unpaired) electrons. The van der Waals surface area contributed by atoms with Gasteiger partial charge in [-0.25, -0.2) is 0 Å². The lowest BCUT2D eigenvalue weighted by Crippen LogP contribution is -2.06. The summed E-state index contributed by atoms with van der Waals surface area (Å²) in [6.45, 7) is 4.97. The van der Waals surface area contributed by atoms with Crippen molar-refractivity contribution in [2.24, 2.45) is 0 Å². The van der Waals surface area contributed by atoms with Crippen LogP contribution in [-0.4, -0.2) is 19.6 Å². The molecular weight excluding hydrogens is 351 g/mol. The summed E-state index contributed by atoms with van der Waals surface area (Å²) in [5, 5.41) is 9.51. The molecule has 0 aliphatic rings. The average molecular weight is 365 g/mol. The van der Waals surface area contributed by atoms with Crippen LogP contribution in [0, 0.1) is 3.70 Å². The fourth-order valence-electron chi connectivity index (χ4n) is 1.51. The Kier molecular flexibility index (Phi) is 4.09. The predicted octanol–water partition coefficient (Wildman–Crippen LogP) is 3.36. The second-order valence-corrected chi connectivity index (χ2v) is 5.44. The van der Waals surface area contributed by atoms with E-state index in [0.29, 0.717) is 17.6 Å². The molecule has 2 heterocycles. The zero-order valence-electron chi connectivity index (χ0n) is 9.77. The van der Waals surface area contributed by atoms with Gasteiger partial charge >= 0.3 is 0 Å². The minimum Gasteiger partial charge on any atom is -0.270 e. The molecule has 2 aromatic rings. The lowest BCUT2D eigenvalue weighted by molar-refractivity contribution is 0.471. The Bertz CT molecular complexity index is 486. The first-order valence-corrected chi connectivity index (χ1v) is 6.98. The van der Waals surface area contributed by atoms with Gasteiger partial charge in [-0.2, -0.15) is 10.2 Å². The standard InChI is InChI=1S/C11H14ClIN4/c1-3-8(2)17-5-4-9(14-17)6-16-7-10(12)11(13)15-16/h4-5,7-8H,3,6H2,1-2H3. The molecule has 0 saturated heterocycles. The summed E-state index contributed by atoms with van der Waals surface area (Å²) in [7, 11) is 0. The Morgan fingerprint density at radius 1 is 1.47 bits per heavy atom. The van der Waals surface area contributed by atoms with Crippen LogP contribution in [0.25, 0.3) is 0 Å². The van der Waals surface area contributed by atoms with Crippen LogP contribution >= 0.6 is 34.2 Å². The second kappa shape index (κ2) is 5.39. The van der Waals surface area contributed by atoms with Crippen molar-refractivity contribution in [3.05, 3.63) is 32.9 Å². The molecule has 0 aliphatic heterocycles. The monoisotopic (exact) mass is 364 g/mol. The highest BCUT2D eigenvalue weighted by atomic mass is 127. The Morgan fingerprint density at radius 2 is 2.24 bits per heavy atom. The second-order valence-electron chi connectivity index (χ2n) is 4.01. The molecule has 2 aromatic heterocycles. The van der Waals surface area contributed by atoms with Crippen molar-refractivity contribution in [1.29, 1.82) is 0 Å². The normalized spacial score (nSPS) is 12.9. The SMILES string of the molecule is CCC(C)n1ccc(Cn2cc(Cl)c(I)n2)n1. The molecule has 0 aliphatic carbocycles. The summed E-state index contributed by atoms with van der Waals surface area (Å²) in [5.41, 5.74) is 1.00. The Morgan fingerprint density at radius 3 is 2.82 bits per heavy atom. The highest BCUT2D eigenvalue weighted by molar-refractivity contribution is 14.1. The topological polar surface area (TPSA) is 35.6 Å². The fraction of sp³-hybridized carbons (Fsp3) is 0.455. The van der Waals surface area contributed by atoms with Gasteiger partial charge in [-0.3, -0.25) is 9.36 Å². The van der Waals surface area contributed by atoms with E-state index in [1.54, 1.807) is 0 Å². The van der Waals surface area contributed by atoms with E-state index < -0.39 is 0 Å². The van der Waals surface area contributed by atoms with Gasteiger partial charge in [0.05, 0.1) is 17.3 Å². The summed E-state index contributed by atoms with van der Waals surface area (Å²) in [6.07, 6.45) is 4.91. The van der Waals surface area contributed by atoms with Crippen LogP contribution in [0.4, 0.5) is 0 Å². The van der Waals surface area contributed by atoms with Crippen LogP contribution in [0.3, 0.4) is 0 Å². The van der Waals surface area contributed by atoms with Crippen molar-refractivity contribution >= 4 is 34.2 Å². The van der Waals surface area contributed by atoms with Crippen LogP contribution in [-0.2, 0) is 6.54 Å². The molecule has 0 amide bonds. The summed E-state index contributed by atoms with van der Waals surface area (Å²) in [6, 6.07) is 2.46. The van der Waals surface area contributed by atoms with E-state index in [1.807, 2.05) is 27.8 Å². The van der Waals surface area contributed by atoms with Gasteiger partial charge in [0.15, 0.2) is 0 Å². The van der Waals surface area contributed by atoms with Crippen molar-refractivity contribution in [3.63, 3.8) is 0 Å². The third-order valence-electron chi connectivity index (χ3n) is 2.71. The largest absolute Gasteiger partial charge is 0.270 e. The first kappa shape index (κ1) is 12.9. The van der Waals surface area contributed by atoms with Crippen molar-refractivity contribution in [3.8, 4) is 0 Å². The van der Waals surface area contributed by atoms with Crippen LogP contribution in [0.15, 0.2) is 18.5 Å². The third-order valence-corrected chi connectivity index (χ3v) is 4.10. The number of halogens is 2. The first-order chi connectivity index (χ1) is 8.10. The highest BCUT2D eigenvalue weighted by Crippen LogP contribution is 2.16. The maximum Gasteiger partial charge on any atom is 0.141 e. The van der Waals surface area contributed by atoms with Crippen LogP contribution in [0.1, 0.15) is 32.0 Å². The predicted molar refractivity (Wildman–Crippen MR) is 76.3 cm³/mol. The van der Waals surface area contributed by atoms with E-state index >= 15 is 0 Å². The lowest BCUT2D eigenvalue weighted by Gasteiger charge is -2.08. The molecule has 4 nitrogen and oxygen atoms in total. The molecule has 0 aromatic carbocycles. The van der Waals surface area contributed by atoms with Gasteiger partial charge in [-0.05, 0) is 42.0 Å². The average Bonchev–Trinajstić information content (AvgIpc) is 2.87. The molecule has 0 bridgehead atoms. The molecular formula is C11H14ClIN4. The Balaban J connectivity index is 2.11. The van der Waals surface area contributed by atoms with Crippen LogP contribution < -0.4 is 0 Å². The molecule has 0 N–H and O–H groups in total. The molecule has 6 heteroatoms. The maximum atomic E-state index is 5.96. The summed E-state index contributed by atoms with van der Waals surface area (Å²) in [5.74, 6) is 0. The fourth-order valence-corrected chi connectivity index (χ4v) is 2.08. The molecule has 2 rings (SSSR count). The highest BCUT2D eigenvalue weighted by Gasteiger charge is 2.07. The molecule has 0 fully saturated rings. The lowest BCUT2D eigenvalue weighted by atomic mass is 10.3. The van der Waals surface area contributed by atoms with Gasteiger partial charge in [0.2, 0.25) is 0 Å². The minimum atomic E-state index is 0.435. The summed E-state index contributed by atoms with van der Waals surface area (Å²) >= 11 is 8.08. The van der Waals surface area contributed by atoms with E-state index in [9.17, 15) is 0 Å². The zero-order chi connectivity index (χ0) is 12.4. The van der Waals surface area contributed by atoms with Crippen molar-refractivity contribution < 1.29 is 0 Å². The number of hydrogen-bond acceptors (Lipinski definition) is 2. The van der Waals surface area contributed by atoms with Crippen molar-refractivity contribution in [1.82, 2.24) is 19.6 Å². The quantitative estimate of drug-likeness (QED) is 0.780. The maximum absolute atomic E-state index is 5.96. The van der Waals surface area contributed by atoms with Gasteiger partial charge in [-0.15, -0.1) is 0 Å². The van der Waals surface area contributed by atoms with Gasteiger partial charge < -0.3 is 0 Å². The number of nitrogens with zero attached hydrogens (tertiary/aromatic N) is 4. The molecule has 92 valence electrons. The van der Waals surface area contributed by atoms with E-state index in [1.165, 1.54) is 0 Å². The smallest absolute Gasteiger partial charge is 0.141 e. The van der Waals surface area contributed by atoms with E-state index in [2.05, 4.69) is 46.6 Å². The molecule has 1 atom stereocenters. The Hall–Kier alpha value is -0.560. The summed E-state index contributed by atoms with van der Waals surface area (Å²) in [4.78, 5) is 0. The van der Waals surface area contributed by atoms with E-state index in [4.69, 9.17) is 11.6 Å². The van der Waals surface area contributed by atoms with Gasteiger partial charge in [0.1, 0.15) is 3.70 Å². The molecule has 0 spiro atoms. The van der Waals surface area contributed by atoms with Crippen molar-refractivity contribution in [2.45, 2.75) is 32.9 Å². The molecule has 0 saturated carbocycles. The third kappa shape index (κ3) is 3.01. The number of aromatic nitrogens is 4. The van der Waals surface area contributed by atoms with Crippen LogP contribution in [0.2, 0.25) is 5.02 Å². The van der Waals surface area contributed by atoms with Crippen molar-refractivity contribution in [2.75, 3.05) is 0 Å². The zero-order valence-corrected chi connectivity index (χ0v) is 12.7. The molecule has 17 heavy (non-hydrogen) atoms. The van der Waals surface area contributed by atoms with Gasteiger partial charge in [0.25, 0.3) is 0 Å². The summed E-state index contributed by atoms with van der Waals surface area (Å²) < 4.78 is 4.63. The molecule has 1 unspecified atom stereocenters. The number of hydrogen-bond donors (Lipinski definition) is 0. The minimum absolute atomic E-state index is 0.435. The Labute approximate surface area is 119 Å². The van der Waals surface area contributed by atoms with Gasteiger partial charge in [-0.1, -0.05) is 18.5 Å². The van der Waals surface area contributed by atoms with Gasteiger partial charge in [0, 0.05) is 18.4 Å². The van der Waals surface area contributed by atoms with Crippen LogP contribution in [0.5, 0.6) is 0 Å².